The van der Waals surface area contributed by atoms with Crippen LogP contribution in [-0.2, 0) is 11.2 Å². The van der Waals surface area contributed by atoms with Gasteiger partial charge in [-0.2, -0.15) is 0 Å². The lowest BCUT2D eigenvalue weighted by molar-refractivity contribution is -0.136. The van der Waals surface area contributed by atoms with Crippen molar-refractivity contribution in [3.05, 3.63) is 40.5 Å². The fourth-order valence-electron chi connectivity index (χ4n) is 2.63. The molecule has 3 rings (SSSR count). The van der Waals surface area contributed by atoms with Crippen LogP contribution >= 0.6 is 11.3 Å². The number of methoxy groups -OCH3 is 1. The van der Waals surface area contributed by atoms with Gasteiger partial charge in [0, 0.05) is 16.6 Å². The van der Waals surface area contributed by atoms with Gasteiger partial charge in [-0.15, -0.1) is 11.3 Å². The Bertz CT molecular complexity index is 864. The van der Waals surface area contributed by atoms with E-state index in [0.717, 1.165) is 33.2 Å². The zero-order valence-corrected chi connectivity index (χ0v) is 13.4. The standard InChI is InChI=1S/C16H16N2O3S/c1-9-6-11(4-5-13(9)21-3)15-12(7-14(19)20)18-10(2)8-22-16(18)17-15/h4-6,8H,7H2,1-3H3,(H,19,20). The van der Waals surface area contributed by atoms with Gasteiger partial charge < -0.3 is 9.84 Å². The Morgan fingerprint density at radius 3 is 2.82 bits per heavy atom. The minimum Gasteiger partial charge on any atom is -0.496 e. The molecule has 0 saturated heterocycles. The zero-order chi connectivity index (χ0) is 15.9. The summed E-state index contributed by atoms with van der Waals surface area (Å²) in [6, 6.07) is 5.78. The topological polar surface area (TPSA) is 63.8 Å². The van der Waals surface area contributed by atoms with Crippen LogP contribution in [0.2, 0.25) is 0 Å². The zero-order valence-electron chi connectivity index (χ0n) is 12.6. The number of hydrogen-bond acceptors (Lipinski definition) is 4. The van der Waals surface area contributed by atoms with E-state index in [1.807, 2.05) is 41.8 Å². The summed E-state index contributed by atoms with van der Waals surface area (Å²) in [6.45, 7) is 3.92. The highest BCUT2D eigenvalue weighted by atomic mass is 32.1. The van der Waals surface area contributed by atoms with E-state index < -0.39 is 5.97 Å². The number of benzene rings is 1. The van der Waals surface area contributed by atoms with E-state index in [4.69, 9.17) is 4.74 Å². The Labute approximate surface area is 131 Å². The smallest absolute Gasteiger partial charge is 0.309 e. The Kier molecular flexibility index (Phi) is 3.62. The van der Waals surface area contributed by atoms with E-state index in [9.17, 15) is 9.90 Å². The lowest BCUT2D eigenvalue weighted by Gasteiger charge is -2.07. The average molecular weight is 316 g/mol. The summed E-state index contributed by atoms with van der Waals surface area (Å²) >= 11 is 1.52. The molecule has 0 aliphatic rings. The molecule has 0 atom stereocenters. The molecule has 0 fully saturated rings. The van der Waals surface area contributed by atoms with Gasteiger partial charge in [0.2, 0.25) is 0 Å². The van der Waals surface area contributed by atoms with Crippen LogP contribution in [0.25, 0.3) is 16.2 Å². The van der Waals surface area contributed by atoms with Crippen molar-refractivity contribution < 1.29 is 14.6 Å². The molecule has 0 saturated carbocycles. The monoisotopic (exact) mass is 316 g/mol. The predicted octanol–water partition coefficient (Wildman–Crippen LogP) is 3.32. The largest absolute Gasteiger partial charge is 0.496 e. The number of rotatable bonds is 4. The number of aromatic nitrogens is 2. The first kappa shape index (κ1) is 14.6. The molecule has 0 spiro atoms. The van der Waals surface area contributed by atoms with E-state index in [1.165, 1.54) is 11.3 Å². The minimum absolute atomic E-state index is 0.0564. The van der Waals surface area contributed by atoms with Gasteiger partial charge in [0.25, 0.3) is 0 Å². The van der Waals surface area contributed by atoms with E-state index in [1.54, 1.807) is 7.11 Å². The van der Waals surface area contributed by atoms with Crippen molar-refractivity contribution in [3.8, 4) is 17.0 Å². The molecular weight excluding hydrogens is 300 g/mol. The maximum absolute atomic E-state index is 11.2. The third-order valence-corrected chi connectivity index (χ3v) is 4.56. The van der Waals surface area contributed by atoms with Crippen molar-refractivity contribution >= 4 is 22.3 Å². The van der Waals surface area contributed by atoms with E-state index in [2.05, 4.69) is 4.98 Å². The molecule has 0 aliphatic heterocycles. The first-order chi connectivity index (χ1) is 10.5. The van der Waals surface area contributed by atoms with Crippen LogP contribution in [0.15, 0.2) is 23.6 Å². The Morgan fingerprint density at radius 2 is 2.18 bits per heavy atom. The van der Waals surface area contributed by atoms with Gasteiger partial charge >= 0.3 is 5.97 Å². The first-order valence-electron chi connectivity index (χ1n) is 6.83. The normalized spacial score (nSPS) is 11.0. The average Bonchev–Trinajstić information content (AvgIpc) is 3.00. The number of imidazole rings is 1. The second-order valence-electron chi connectivity index (χ2n) is 5.16. The summed E-state index contributed by atoms with van der Waals surface area (Å²) in [5.74, 6) is -0.0559. The van der Waals surface area contributed by atoms with Gasteiger partial charge in [0.05, 0.1) is 24.9 Å². The fraction of sp³-hybridized carbons (Fsp3) is 0.250. The Morgan fingerprint density at radius 1 is 1.41 bits per heavy atom. The highest BCUT2D eigenvalue weighted by Crippen LogP contribution is 2.31. The molecule has 22 heavy (non-hydrogen) atoms. The number of carbonyl (C=O) groups is 1. The number of fused-ring (bicyclic) bond motifs is 1. The number of carboxylic acid groups (broad SMARTS) is 1. The van der Waals surface area contributed by atoms with Crippen LogP contribution in [0.3, 0.4) is 0 Å². The third kappa shape index (κ3) is 2.35. The SMILES string of the molecule is COc1ccc(-c2nc3scc(C)n3c2CC(=O)O)cc1C. The first-order valence-corrected chi connectivity index (χ1v) is 7.71. The molecule has 2 heterocycles. The number of thiazole rings is 1. The van der Waals surface area contributed by atoms with Gasteiger partial charge in [-0.1, -0.05) is 0 Å². The van der Waals surface area contributed by atoms with Gasteiger partial charge in [-0.05, 0) is 37.6 Å². The van der Waals surface area contributed by atoms with Gasteiger partial charge in [-0.3, -0.25) is 9.20 Å². The molecule has 0 amide bonds. The predicted molar refractivity (Wildman–Crippen MR) is 85.9 cm³/mol. The van der Waals surface area contributed by atoms with E-state index in [-0.39, 0.29) is 6.42 Å². The molecule has 2 aromatic heterocycles. The van der Waals surface area contributed by atoms with Crippen LogP contribution in [0.4, 0.5) is 0 Å². The third-order valence-electron chi connectivity index (χ3n) is 3.62. The lowest BCUT2D eigenvalue weighted by Crippen LogP contribution is -2.05. The van der Waals surface area contributed by atoms with Gasteiger partial charge in [0.1, 0.15) is 5.75 Å². The van der Waals surface area contributed by atoms with Crippen molar-refractivity contribution in [1.82, 2.24) is 9.38 Å². The maximum atomic E-state index is 11.2. The molecule has 6 heteroatoms. The van der Waals surface area contributed by atoms with Gasteiger partial charge in [0.15, 0.2) is 4.96 Å². The van der Waals surface area contributed by atoms with Crippen molar-refractivity contribution in [1.29, 1.82) is 0 Å². The minimum atomic E-state index is -0.862. The molecule has 3 aromatic rings. The molecule has 114 valence electrons. The van der Waals surface area contributed by atoms with Crippen molar-refractivity contribution in [2.24, 2.45) is 0 Å². The molecule has 0 aliphatic carbocycles. The van der Waals surface area contributed by atoms with Gasteiger partial charge in [-0.25, -0.2) is 4.98 Å². The second-order valence-corrected chi connectivity index (χ2v) is 5.99. The molecule has 0 bridgehead atoms. The van der Waals surface area contributed by atoms with Crippen molar-refractivity contribution in [2.75, 3.05) is 7.11 Å². The summed E-state index contributed by atoms with van der Waals surface area (Å²) in [5, 5.41) is 11.2. The quantitative estimate of drug-likeness (QED) is 0.802. The second kappa shape index (κ2) is 5.46. The van der Waals surface area contributed by atoms with Crippen molar-refractivity contribution in [3.63, 3.8) is 0 Å². The number of carboxylic acids is 1. The number of nitrogens with zero attached hydrogens (tertiary/aromatic N) is 2. The van der Waals surface area contributed by atoms with Crippen LogP contribution in [-0.4, -0.2) is 27.6 Å². The van der Waals surface area contributed by atoms with E-state index in [0.29, 0.717) is 5.69 Å². The number of ether oxygens (including phenoxy) is 1. The number of hydrogen-bond donors (Lipinski definition) is 1. The van der Waals surface area contributed by atoms with Crippen LogP contribution in [0.1, 0.15) is 17.0 Å². The molecule has 5 nitrogen and oxygen atoms in total. The maximum Gasteiger partial charge on any atom is 0.309 e. The number of aryl methyl sites for hydroxylation is 2. The summed E-state index contributed by atoms with van der Waals surface area (Å²) in [7, 11) is 1.63. The highest BCUT2D eigenvalue weighted by molar-refractivity contribution is 7.15. The fourth-order valence-corrected chi connectivity index (χ4v) is 3.51. The van der Waals surface area contributed by atoms with Crippen molar-refractivity contribution in [2.45, 2.75) is 20.3 Å². The summed E-state index contributed by atoms with van der Waals surface area (Å²) in [6.07, 6.45) is -0.0564. The summed E-state index contributed by atoms with van der Waals surface area (Å²) in [5.41, 5.74) is 4.34. The van der Waals surface area contributed by atoms with Crippen LogP contribution < -0.4 is 4.74 Å². The molecule has 0 radical (unpaired) electrons. The Balaban J connectivity index is 2.21. The summed E-state index contributed by atoms with van der Waals surface area (Å²) in [4.78, 5) is 16.7. The van der Waals surface area contributed by atoms with Crippen LogP contribution in [0, 0.1) is 13.8 Å². The van der Waals surface area contributed by atoms with E-state index >= 15 is 0 Å². The van der Waals surface area contributed by atoms with Crippen LogP contribution in [0.5, 0.6) is 5.75 Å². The Hall–Kier alpha value is -2.34. The highest BCUT2D eigenvalue weighted by Gasteiger charge is 2.19. The molecule has 1 aromatic carbocycles. The molecule has 0 unspecified atom stereocenters. The lowest BCUT2D eigenvalue weighted by atomic mass is 10.1. The molecular formula is C16H16N2O3S. The summed E-state index contributed by atoms with van der Waals surface area (Å²) < 4.78 is 7.20. The molecule has 1 N–H and O–H groups in total. The number of aliphatic carboxylic acids is 1.